The third-order valence-corrected chi connectivity index (χ3v) is 2.04. The SMILES string of the molecule is CCCC.CCOC1=CC(C)=CCC=C1. The van der Waals surface area contributed by atoms with Crippen LogP contribution in [0.25, 0.3) is 0 Å². The van der Waals surface area contributed by atoms with E-state index < -0.39 is 0 Å². The fourth-order valence-electron chi connectivity index (χ4n) is 1.03. The van der Waals surface area contributed by atoms with E-state index in [0.717, 1.165) is 18.8 Å². The summed E-state index contributed by atoms with van der Waals surface area (Å²) in [4.78, 5) is 0. The van der Waals surface area contributed by atoms with Gasteiger partial charge in [0.15, 0.2) is 0 Å². The lowest BCUT2D eigenvalue weighted by atomic mass is 10.2. The van der Waals surface area contributed by atoms with Crippen LogP contribution in [-0.2, 0) is 4.74 Å². The number of rotatable bonds is 3. The van der Waals surface area contributed by atoms with Crippen molar-refractivity contribution >= 4 is 0 Å². The van der Waals surface area contributed by atoms with E-state index in [2.05, 4.69) is 39.0 Å². The summed E-state index contributed by atoms with van der Waals surface area (Å²) in [6.45, 7) is 9.19. The van der Waals surface area contributed by atoms with E-state index in [9.17, 15) is 0 Å². The lowest BCUT2D eigenvalue weighted by Gasteiger charge is -2.01. The van der Waals surface area contributed by atoms with Gasteiger partial charge in [-0.05, 0) is 32.4 Å². The highest BCUT2D eigenvalue weighted by molar-refractivity contribution is 5.28. The molecule has 0 saturated heterocycles. The summed E-state index contributed by atoms with van der Waals surface area (Å²) >= 11 is 0. The number of hydrogen-bond donors (Lipinski definition) is 0. The smallest absolute Gasteiger partial charge is 0.119 e. The van der Waals surface area contributed by atoms with Gasteiger partial charge < -0.3 is 4.74 Å². The fraction of sp³-hybridized carbons (Fsp3) is 0.571. The molecule has 1 aliphatic carbocycles. The van der Waals surface area contributed by atoms with Crippen LogP contribution >= 0.6 is 0 Å². The van der Waals surface area contributed by atoms with Crippen molar-refractivity contribution in [2.75, 3.05) is 6.61 Å². The second-order valence-corrected chi connectivity index (χ2v) is 3.57. The third kappa shape index (κ3) is 8.04. The molecule has 0 unspecified atom stereocenters. The molecule has 0 radical (unpaired) electrons. The van der Waals surface area contributed by atoms with Crippen molar-refractivity contribution in [1.82, 2.24) is 0 Å². The minimum atomic E-state index is 0.740. The van der Waals surface area contributed by atoms with E-state index in [1.807, 2.05) is 13.0 Å². The molecule has 0 aromatic carbocycles. The van der Waals surface area contributed by atoms with Crippen molar-refractivity contribution in [2.24, 2.45) is 0 Å². The van der Waals surface area contributed by atoms with Crippen LogP contribution in [0.1, 0.15) is 47.0 Å². The van der Waals surface area contributed by atoms with Crippen molar-refractivity contribution in [1.29, 1.82) is 0 Å². The molecule has 15 heavy (non-hydrogen) atoms. The molecule has 0 N–H and O–H groups in total. The van der Waals surface area contributed by atoms with Gasteiger partial charge >= 0.3 is 0 Å². The molecule has 0 spiro atoms. The van der Waals surface area contributed by atoms with Crippen LogP contribution in [0.2, 0.25) is 0 Å². The average Bonchev–Trinajstić information content (AvgIpc) is 2.44. The zero-order valence-corrected chi connectivity index (χ0v) is 10.5. The highest BCUT2D eigenvalue weighted by atomic mass is 16.5. The summed E-state index contributed by atoms with van der Waals surface area (Å²) in [6.07, 6.45) is 12.0. The highest BCUT2D eigenvalue weighted by Gasteiger charge is 1.94. The molecule has 0 amide bonds. The predicted octanol–water partition coefficient (Wildman–Crippen LogP) is 4.62. The molecule has 86 valence electrons. The molecule has 0 bridgehead atoms. The summed E-state index contributed by atoms with van der Waals surface area (Å²) in [5, 5.41) is 0. The Balaban J connectivity index is 0.000000423. The molecule has 0 saturated carbocycles. The fourth-order valence-corrected chi connectivity index (χ4v) is 1.03. The van der Waals surface area contributed by atoms with Crippen LogP contribution in [0, 0.1) is 0 Å². The van der Waals surface area contributed by atoms with Crippen LogP contribution in [0.3, 0.4) is 0 Å². The highest BCUT2D eigenvalue weighted by Crippen LogP contribution is 2.10. The number of unbranched alkanes of at least 4 members (excludes halogenated alkanes) is 1. The van der Waals surface area contributed by atoms with Gasteiger partial charge in [-0.25, -0.2) is 0 Å². The van der Waals surface area contributed by atoms with Crippen LogP contribution in [0.4, 0.5) is 0 Å². The van der Waals surface area contributed by atoms with E-state index >= 15 is 0 Å². The first-order chi connectivity index (χ1) is 7.24. The number of allylic oxidation sites excluding steroid dienone is 5. The molecular formula is C14H24O. The predicted molar refractivity (Wildman–Crippen MR) is 67.8 cm³/mol. The Labute approximate surface area is 94.5 Å². The minimum absolute atomic E-state index is 0.740. The molecular weight excluding hydrogens is 184 g/mol. The first-order valence-corrected chi connectivity index (χ1v) is 5.92. The van der Waals surface area contributed by atoms with Gasteiger partial charge in [-0.3, -0.25) is 0 Å². The molecule has 0 aliphatic heterocycles. The maximum Gasteiger partial charge on any atom is 0.119 e. The molecule has 0 heterocycles. The normalized spacial score (nSPS) is 14.4. The quantitative estimate of drug-likeness (QED) is 0.657. The number of hydrogen-bond acceptors (Lipinski definition) is 1. The van der Waals surface area contributed by atoms with E-state index in [0.29, 0.717) is 0 Å². The zero-order valence-electron chi connectivity index (χ0n) is 10.5. The Morgan fingerprint density at radius 3 is 2.40 bits per heavy atom. The molecule has 1 rings (SSSR count). The van der Waals surface area contributed by atoms with Crippen LogP contribution in [0.5, 0.6) is 0 Å². The lowest BCUT2D eigenvalue weighted by molar-refractivity contribution is 0.242. The van der Waals surface area contributed by atoms with E-state index in [1.54, 1.807) is 0 Å². The maximum absolute atomic E-state index is 5.37. The van der Waals surface area contributed by atoms with Crippen molar-refractivity contribution in [3.8, 4) is 0 Å². The minimum Gasteiger partial charge on any atom is -0.494 e. The van der Waals surface area contributed by atoms with Crippen molar-refractivity contribution < 1.29 is 4.74 Å². The van der Waals surface area contributed by atoms with Gasteiger partial charge in [0, 0.05) is 0 Å². The summed E-state index contributed by atoms with van der Waals surface area (Å²) in [6, 6.07) is 0. The van der Waals surface area contributed by atoms with Gasteiger partial charge in [0.25, 0.3) is 0 Å². The summed E-state index contributed by atoms with van der Waals surface area (Å²) in [5.41, 5.74) is 1.28. The Kier molecular flexibility index (Phi) is 8.95. The number of ether oxygens (including phenoxy) is 1. The molecule has 1 nitrogen and oxygen atoms in total. The summed E-state index contributed by atoms with van der Waals surface area (Å²) in [7, 11) is 0. The Bertz CT molecular complexity index is 232. The summed E-state index contributed by atoms with van der Waals surface area (Å²) in [5.74, 6) is 0.971. The molecule has 1 heteroatoms. The van der Waals surface area contributed by atoms with Gasteiger partial charge in [-0.2, -0.15) is 0 Å². The topological polar surface area (TPSA) is 9.23 Å². The van der Waals surface area contributed by atoms with Crippen molar-refractivity contribution in [3.05, 3.63) is 35.6 Å². The standard InChI is InChI=1S/C10H14O.C4H10/c1-3-11-10-7-5-4-6-9(2)8-10;1-3-4-2/h5-8H,3-4H2,1-2H3;3-4H2,1-2H3. The molecule has 1 aliphatic rings. The van der Waals surface area contributed by atoms with Crippen molar-refractivity contribution in [2.45, 2.75) is 47.0 Å². The van der Waals surface area contributed by atoms with Crippen LogP contribution in [-0.4, -0.2) is 6.61 Å². The second-order valence-electron chi connectivity index (χ2n) is 3.57. The first-order valence-electron chi connectivity index (χ1n) is 5.92. The average molecular weight is 208 g/mol. The van der Waals surface area contributed by atoms with E-state index in [4.69, 9.17) is 4.74 Å². The summed E-state index contributed by atoms with van der Waals surface area (Å²) < 4.78 is 5.37. The second kappa shape index (κ2) is 9.57. The Morgan fingerprint density at radius 1 is 1.20 bits per heavy atom. The Morgan fingerprint density at radius 2 is 1.87 bits per heavy atom. The van der Waals surface area contributed by atoms with E-state index in [-0.39, 0.29) is 0 Å². The van der Waals surface area contributed by atoms with E-state index in [1.165, 1.54) is 18.4 Å². The van der Waals surface area contributed by atoms with Gasteiger partial charge in [-0.15, -0.1) is 0 Å². The molecule has 0 fully saturated rings. The van der Waals surface area contributed by atoms with Crippen molar-refractivity contribution in [3.63, 3.8) is 0 Å². The monoisotopic (exact) mass is 208 g/mol. The lowest BCUT2D eigenvalue weighted by Crippen LogP contribution is -1.87. The van der Waals surface area contributed by atoms with Gasteiger partial charge in [-0.1, -0.05) is 44.4 Å². The Hall–Kier alpha value is -0.980. The van der Waals surface area contributed by atoms with Gasteiger partial charge in [0.2, 0.25) is 0 Å². The largest absolute Gasteiger partial charge is 0.494 e. The third-order valence-electron chi connectivity index (χ3n) is 2.04. The van der Waals surface area contributed by atoms with Gasteiger partial charge in [0.05, 0.1) is 6.61 Å². The first kappa shape index (κ1) is 14.0. The molecule has 0 atom stereocenters. The maximum atomic E-state index is 5.37. The molecule has 0 aromatic heterocycles. The zero-order chi connectivity index (χ0) is 11.5. The van der Waals surface area contributed by atoms with Crippen LogP contribution < -0.4 is 0 Å². The molecule has 0 aromatic rings. The van der Waals surface area contributed by atoms with Crippen LogP contribution in [0.15, 0.2) is 35.6 Å². The van der Waals surface area contributed by atoms with Gasteiger partial charge in [0.1, 0.15) is 5.76 Å².